The van der Waals surface area contributed by atoms with Crippen LogP contribution in [0.3, 0.4) is 0 Å². The molecule has 1 N–H and O–H groups in total. The third kappa shape index (κ3) is 4.88. The molecule has 164 valence electrons. The number of benzene rings is 2. The zero-order chi connectivity index (χ0) is 22.8. The molecular weight excluding hydrogens is 418 g/mol. The Morgan fingerprint density at radius 1 is 1.10 bits per heavy atom. The van der Waals surface area contributed by atoms with Gasteiger partial charge in [-0.1, -0.05) is 32.0 Å². The first-order valence-electron chi connectivity index (χ1n) is 9.54. The summed E-state index contributed by atoms with van der Waals surface area (Å²) in [6.07, 6.45) is 0. The Morgan fingerprint density at radius 2 is 1.77 bits per heavy atom. The lowest BCUT2D eigenvalue weighted by molar-refractivity contribution is 0.102. The number of ether oxygens (including phenoxy) is 1. The van der Waals surface area contributed by atoms with Crippen molar-refractivity contribution in [1.82, 2.24) is 5.16 Å². The summed E-state index contributed by atoms with van der Waals surface area (Å²) in [7, 11) is -0.889. The maximum atomic E-state index is 13.1. The Balaban J connectivity index is 1.82. The summed E-state index contributed by atoms with van der Waals surface area (Å²) in [6, 6.07) is 14.1. The van der Waals surface area contributed by atoms with Crippen LogP contribution >= 0.6 is 0 Å². The molecule has 0 bridgehead atoms. The van der Waals surface area contributed by atoms with E-state index in [1.54, 1.807) is 30.3 Å². The lowest BCUT2D eigenvalue weighted by Crippen LogP contribution is -2.26. The number of sulfonamides is 1. The monoisotopic (exact) mass is 443 g/mol. The van der Waals surface area contributed by atoms with Crippen LogP contribution in [0.15, 0.2) is 64.0 Å². The zero-order valence-corrected chi connectivity index (χ0v) is 18.9. The summed E-state index contributed by atoms with van der Waals surface area (Å²) < 4.78 is 37.7. The van der Waals surface area contributed by atoms with Crippen molar-refractivity contribution in [3.8, 4) is 5.75 Å². The summed E-state index contributed by atoms with van der Waals surface area (Å²) in [6.45, 7) is 5.90. The standard InChI is InChI=1S/C22H25N3O5S/c1-22(2,3)19-14-20(24-30-19)23-21(26)15-7-6-8-18(13-15)31(27,28)25(4)16-9-11-17(29-5)12-10-16/h6-14H,1-5H3,(H,23,24,26). The Labute approximate surface area is 181 Å². The van der Waals surface area contributed by atoms with Crippen LogP contribution in [0.25, 0.3) is 0 Å². The van der Waals surface area contributed by atoms with E-state index < -0.39 is 15.9 Å². The zero-order valence-electron chi connectivity index (χ0n) is 18.0. The molecule has 1 aromatic heterocycles. The molecule has 31 heavy (non-hydrogen) atoms. The number of rotatable bonds is 6. The number of hydrogen-bond acceptors (Lipinski definition) is 6. The van der Waals surface area contributed by atoms with Gasteiger partial charge in [-0.25, -0.2) is 8.42 Å². The van der Waals surface area contributed by atoms with Crippen LogP contribution < -0.4 is 14.4 Å². The molecule has 0 saturated carbocycles. The van der Waals surface area contributed by atoms with Crippen molar-refractivity contribution in [2.24, 2.45) is 0 Å². The molecule has 1 amide bonds. The second-order valence-corrected chi connectivity index (χ2v) is 9.95. The molecule has 0 atom stereocenters. The molecule has 1 heterocycles. The van der Waals surface area contributed by atoms with Crippen molar-refractivity contribution in [1.29, 1.82) is 0 Å². The molecular formula is C22H25N3O5S. The van der Waals surface area contributed by atoms with Gasteiger partial charge in [-0.05, 0) is 42.5 Å². The highest BCUT2D eigenvalue weighted by Gasteiger charge is 2.24. The molecule has 0 spiro atoms. The van der Waals surface area contributed by atoms with Crippen LogP contribution in [0, 0.1) is 0 Å². The van der Waals surface area contributed by atoms with Crippen LogP contribution in [0.4, 0.5) is 11.5 Å². The van der Waals surface area contributed by atoms with Gasteiger partial charge >= 0.3 is 0 Å². The van der Waals surface area contributed by atoms with Gasteiger partial charge in [0.15, 0.2) is 5.82 Å². The first-order valence-corrected chi connectivity index (χ1v) is 11.0. The van der Waals surface area contributed by atoms with Crippen LogP contribution in [0.1, 0.15) is 36.9 Å². The van der Waals surface area contributed by atoms with Crippen molar-refractivity contribution < 1.29 is 22.5 Å². The predicted octanol–water partition coefficient (Wildman–Crippen LogP) is 4.06. The fourth-order valence-electron chi connectivity index (χ4n) is 2.76. The van der Waals surface area contributed by atoms with E-state index >= 15 is 0 Å². The molecule has 0 fully saturated rings. The normalized spacial score (nSPS) is 11.8. The quantitative estimate of drug-likeness (QED) is 0.616. The maximum absolute atomic E-state index is 13.1. The van der Waals surface area contributed by atoms with Crippen LogP contribution in [-0.2, 0) is 15.4 Å². The summed E-state index contributed by atoms with van der Waals surface area (Å²) in [5.41, 5.74) is 0.396. The second-order valence-electron chi connectivity index (χ2n) is 7.98. The Hall–Kier alpha value is -3.33. The Kier molecular flexibility index (Phi) is 6.08. The van der Waals surface area contributed by atoms with Gasteiger partial charge in [0.1, 0.15) is 11.5 Å². The number of amides is 1. The van der Waals surface area contributed by atoms with Gasteiger partial charge in [0.2, 0.25) is 0 Å². The van der Waals surface area contributed by atoms with Crippen molar-refractivity contribution in [2.75, 3.05) is 23.8 Å². The van der Waals surface area contributed by atoms with E-state index in [1.807, 2.05) is 20.8 Å². The fourth-order valence-corrected chi connectivity index (χ4v) is 4.00. The number of carbonyl (C=O) groups excluding carboxylic acids is 1. The molecule has 2 aromatic carbocycles. The Morgan fingerprint density at radius 3 is 2.35 bits per heavy atom. The third-order valence-electron chi connectivity index (χ3n) is 4.68. The van der Waals surface area contributed by atoms with E-state index in [2.05, 4.69) is 10.5 Å². The van der Waals surface area contributed by atoms with Crippen LogP contribution in [-0.4, -0.2) is 33.6 Å². The average Bonchev–Trinajstić information content (AvgIpc) is 3.22. The molecule has 3 rings (SSSR count). The minimum absolute atomic E-state index is 0.00555. The van der Waals surface area contributed by atoms with Gasteiger partial charge in [-0.15, -0.1) is 0 Å². The summed E-state index contributed by atoms with van der Waals surface area (Å²) in [5, 5.41) is 6.49. The first kappa shape index (κ1) is 22.4. The van der Waals surface area contributed by atoms with Gasteiger partial charge in [0, 0.05) is 24.1 Å². The molecule has 0 saturated heterocycles. The summed E-state index contributed by atoms with van der Waals surface area (Å²) in [5.74, 6) is 1.02. The highest BCUT2D eigenvalue weighted by atomic mass is 32.2. The van der Waals surface area contributed by atoms with E-state index in [4.69, 9.17) is 9.26 Å². The highest BCUT2D eigenvalue weighted by molar-refractivity contribution is 7.92. The number of carbonyl (C=O) groups is 1. The van der Waals surface area contributed by atoms with E-state index in [0.717, 1.165) is 4.31 Å². The number of nitrogens with zero attached hydrogens (tertiary/aromatic N) is 2. The van der Waals surface area contributed by atoms with Crippen molar-refractivity contribution in [3.63, 3.8) is 0 Å². The Bertz CT molecular complexity index is 1180. The van der Waals surface area contributed by atoms with Crippen molar-refractivity contribution >= 4 is 27.4 Å². The minimum atomic E-state index is -3.88. The van der Waals surface area contributed by atoms with E-state index in [9.17, 15) is 13.2 Å². The molecule has 0 aliphatic rings. The molecule has 8 nitrogen and oxygen atoms in total. The molecule has 0 radical (unpaired) electrons. The average molecular weight is 444 g/mol. The lowest BCUT2D eigenvalue weighted by atomic mass is 9.93. The third-order valence-corrected chi connectivity index (χ3v) is 6.46. The first-order chi connectivity index (χ1) is 14.5. The van der Waals surface area contributed by atoms with Crippen molar-refractivity contribution in [2.45, 2.75) is 31.1 Å². The predicted molar refractivity (Wildman–Crippen MR) is 118 cm³/mol. The van der Waals surface area contributed by atoms with Gasteiger partial charge in [0.05, 0.1) is 17.7 Å². The largest absolute Gasteiger partial charge is 0.497 e. The van der Waals surface area contributed by atoms with E-state index in [1.165, 1.54) is 38.4 Å². The van der Waals surface area contributed by atoms with Crippen LogP contribution in [0.5, 0.6) is 5.75 Å². The maximum Gasteiger partial charge on any atom is 0.264 e. The topological polar surface area (TPSA) is 102 Å². The highest BCUT2D eigenvalue weighted by Crippen LogP contribution is 2.26. The summed E-state index contributed by atoms with van der Waals surface area (Å²) in [4.78, 5) is 12.6. The molecule has 0 unspecified atom stereocenters. The number of anilines is 2. The molecule has 0 aliphatic carbocycles. The summed E-state index contributed by atoms with van der Waals surface area (Å²) >= 11 is 0. The van der Waals surface area contributed by atoms with Gasteiger partial charge in [-0.3, -0.25) is 9.10 Å². The van der Waals surface area contributed by atoms with Gasteiger partial charge < -0.3 is 14.6 Å². The minimum Gasteiger partial charge on any atom is -0.497 e. The van der Waals surface area contributed by atoms with Crippen LogP contribution in [0.2, 0.25) is 0 Å². The SMILES string of the molecule is COc1ccc(N(C)S(=O)(=O)c2cccc(C(=O)Nc3cc(C(C)(C)C)on3)c2)cc1. The van der Waals surface area contributed by atoms with Gasteiger partial charge in [0.25, 0.3) is 15.9 Å². The van der Waals surface area contributed by atoms with E-state index in [-0.39, 0.29) is 21.7 Å². The fraction of sp³-hybridized carbons (Fsp3) is 0.273. The second kappa shape index (κ2) is 8.43. The molecule has 3 aromatic rings. The molecule has 9 heteroatoms. The smallest absolute Gasteiger partial charge is 0.264 e. The number of aromatic nitrogens is 1. The van der Waals surface area contributed by atoms with Crippen molar-refractivity contribution in [3.05, 3.63) is 65.9 Å². The van der Waals surface area contributed by atoms with E-state index in [0.29, 0.717) is 17.2 Å². The number of nitrogens with one attached hydrogen (secondary N) is 1. The number of methoxy groups -OCH3 is 1. The molecule has 0 aliphatic heterocycles. The van der Waals surface area contributed by atoms with Gasteiger partial charge in [-0.2, -0.15) is 0 Å². The number of hydrogen-bond donors (Lipinski definition) is 1. The lowest BCUT2D eigenvalue weighted by Gasteiger charge is -2.20.